The molecule has 0 bridgehead atoms. The van der Waals surface area contributed by atoms with E-state index in [1.807, 2.05) is 59.5 Å². The summed E-state index contributed by atoms with van der Waals surface area (Å²) in [4.78, 5) is 15.1. The number of nitrogens with one attached hydrogen (secondary N) is 1. The fraction of sp³-hybridized carbons (Fsp3) is 0.286. The van der Waals surface area contributed by atoms with Gasteiger partial charge in [-0.2, -0.15) is 0 Å². The number of anilines is 2. The molecule has 1 aromatic heterocycles. The highest BCUT2D eigenvalue weighted by Crippen LogP contribution is 2.39. The number of morpholine rings is 1. The Morgan fingerprint density at radius 3 is 2.55 bits per heavy atom. The van der Waals surface area contributed by atoms with Crippen LogP contribution in [0.15, 0.2) is 58.9 Å². The van der Waals surface area contributed by atoms with Gasteiger partial charge in [0.05, 0.1) is 13.2 Å². The normalized spacial score (nSPS) is 15.1. The molecule has 1 fully saturated rings. The lowest BCUT2D eigenvalue weighted by molar-refractivity contribution is -0.134. The molecule has 2 aromatic carbocycles. The van der Waals surface area contributed by atoms with Gasteiger partial charge in [-0.1, -0.05) is 71.1 Å². The van der Waals surface area contributed by atoms with Crippen LogP contribution in [0.5, 0.6) is 0 Å². The highest BCUT2D eigenvalue weighted by atomic mass is 32.2. The highest BCUT2D eigenvalue weighted by Gasteiger charge is 2.29. The summed E-state index contributed by atoms with van der Waals surface area (Å²) in [7, 11) is 0. The van der Waals surface area contributed by atoms with Gasteiger partial charge < -0.3 is 15.0 Å². The molecule has 3 aromatic rings. The Hall–Kier alpha value is -2.42. The molecule has 0 saturated carbocycles. The number of hydrogen-bond acceptors (Lipinski definition) is 7. The number of hydrogen-bond donors (Lipinski definition) is 1. The van der Waals surface area contributed by atoms with Crippen molar-refractivity contribution < 1.29 is 9.53 Å². The number of thioether (sulfide) groups is 1. The van der Waals surface area contributed by atoms with Crippen LogP contribution in [0.25, 0.3) is 0 Å². The van der Waals surface area contributed by atoms with Crippen molar-refractivity contribution in [2.45, 2.75) is 16.5 Å². The summed E-state index contributed by atoms with van der Waals surface area (Å²) >= 11 is 2.90. The number of benzene rings is 2. The summed E-state index contributed by atoms with van der Waals surface area (Å²) in [5.74, 6) is 0.0905. The number of carbonyl (C=O) groups excluding carboxylic acids is 1. The zero-order valence-electron chi connectivity index (χ0n) is 16.1. The van der Waals surface area contributed by atoms with E-state index < -0.39 is 0 Å². The minimum Gasteiger partial charge on any atom is -0.378 e. The van der Waals surface area contributed by atoms with Crippen LogP contribution >= 0.6 is 23.1 Å². The largest absolute Gasteiger partial charge is 0.378 e. The molecule has 150 valence electrons. The van der Waals surface area contributed by atoms with Crippen LogP contribution in [0.2, 0.25) is 0 Å². The van der Waals surface area contributed by atoms with E-state index in [4.69, 9.17) is 4.74 Å². The van der Waals surface area contributed by atoms with E-state index in [0.29, 0.717) is 31.4 Å². The Bertz CT molecular complexity index is 941. The Balaban J connectivity index is 1.51. The van der Waals surface area contributed by atoms with Gasteiger partial charge in [-0.25, -0.2) is 0 Å². The van der Waals surface area contributed by atoms with E-state index in [2.05, 4.69) is 22.4 Å². The third kappa shape index (κ3) is 5.14. The molecule has 4 rings (SSSR count). The van der Waals surface area contributed by atoms with E-state index in [9.17, 15) is 4.79 Å². The number of amides is 1. The van der Waals surface area contributed by atoms with E-state index in [1.165, 1.54) is 28.7 Å². The first-order valence-corrected chi connectivity index (χ1v) is 11.1. The summed E-state index contributed by atoms with van der Waals surface area (Å²) in [5.41, 5.74) is 3.14. The maximum Gasteiger partial charge on any atom is 0.240 e. The molecule has 1 aliphatic heterocycles. The zero-order chi connectivity index (χ0) is 20.1. The molecule has 8 heteroatoms. The lowest BCUT2D eigenvalue weighted by Crippen LogP contribution is -2.42. The molecule has 1 saturated heterocycles. The predicted molar refractivity (Wildman–Crippen MR) is 117 cm³/mol. The summed E-state index contributed by atoms with van der Waals surface area (Å²) < 4.78 is 6.15. The monoisotopic (exact) mass is 426 g/mol. The van der Waals surface area contributed by atoms with Crippen LogP contribution in [0, 0.1) is 6.92 Å². The fourth-order valence-electron chi connectivity index (χ4n) is 3.01. The summed E-state index contributed by atoms with van der Waals surface area (Å²) in [6, 6.07) is 18.0. The average molecular weight is 427 g/mol. The lowest BCUT2D eigenvalue weighted by atomic mass is 10.1. The minimum atomic E-state index is -0.352. The molecule has 2 heterocycles. The molecule has 1 aliphatic rings. The number of nitrogens with zero attached hydrogens (tertiary/aromatic N) is 3. The fourth-order valence-corrected chi connectivity index (χ4v) is 5.06. The standard InChI is InChI=1S/C21H22N4O2S2/c1-15-7-9-17(10-8-15)22-20-23-24-21(29-20)28-18(16-5-3-2-4-6-16)19(26)25-11-13-27-14-12-25/h2-10,18H,11-14H2,1H3,(H,22,23). The molecule has 1 amide bonds. The van der Waals surface area contributed by atoms with Gasteiger partial charge in [0.25, 0.3) is 0 Å². The topological polar surface area (TPSA) is 67.4 Å². The van der Waals surface area contributed by atoms with E-state index >= 15 is 0 Å². The maximum atomic E-state index is 13.2. The second-order valence-electron chi connectivity index (χ2n) is 6.71. The van der Waals surface area contributed by atoms with Gasteiger partial charge in [0, 0.05) is 18.8 Å². The van der Waals surface area contributed by atoms with Crippen molar-refractivity contribution in [2.24, 2.45) is 0 Å². The first-order chi connectivity index (χ1) is 14.2. The summed E-state index contributed by atoms with van der Waals surface area (Å²) in [5, 5.41) is 12.2. The SMILES string of the molecule is Cc1ccc(Nc2nnc(SC(C(=O)N3CCOCC3)c3ccccc3)s2)cc1. The zero-order valence-corrected chi connectivity index (χ0v) is 17.7. The van der Waals surface area contributed by atoms with Crippen LogP contribution in [-0.4, -0.2) is 47.3 Å². The Kier molecular flexibility index (Phi) is 6.43. The van der Waals surface area contributed by atoms with Crippen molar-refractivity contribution >= 4 is 39.8 Å². The molecular formula is C21H22N4O2S2. The third-order valence-electron chi connectivity index (χ3n) is 4.58. The van der Waals surface area contributed by atoms with Crippen LogP contribution in [0.1, 0.15) is 16.4 Å². The van der Waals surface area contributed by atoms with Crippen LogP contribution < -0.4 is 5.32 Å². The molecule has 1 atom stereocenters. The van der Waals surface area contributed by atoms with Gasteiger partial charge >= 0.3 is 0 Å². The number of rotatable bonds is 6. The molecule has 1 N–H and O–H groups in total. The highest BCUT2D eigenvalue weighted by molar-refractivity contribution is 8.01. The van der Waals surface area contributed by atoms with Crippen LogP contribution in [0.3, 0.4) is 0 Å². The van der Waals surface area contributed by atoms with Gasteiger partial charge in [-0.05, 0) is 24.6 Å². The molecule has 29 heavy (non-hydrogen) atoms. The number of aryl methyl sites for hydroxylation is 1. The Labute approximate surface area is 178 Å². The van der Waals surface area contributed by atoms with Crippen molar-refractivity contribution in [3.8, 4) is 0 Å². The smallest absolute Gasteiger partial charge is 0.240 e. The first kappa shape index (κ1) is 19.9. The summed E-state index contributed by atoms with van der Waals surface area (Å²) in [6.07, 6.45) is 0. The van der Waals surface area contributed by atoms with Crippen molar-refractivity contribution in [1.82, 2.24) is 15.1 Å². The molecule has 0 spiro atoms. The van der Waals surface area contributed by atoms with E-state index in [0.717, 1.165) is 15.6 Å². The Morgan fingerprint density at radius 1 is 1.10 bits per heavy atom. The third-order valence-corrected chi connectivity index (χ3v) is 6.74. The lowest BCUT2D eigenvalue weighted by Gasteiger charge is -2.30. The van der Waals surface area contributed by atoms with Gasteiger partial charge in [-0.15, -0.1) is 10.2 Å². The maximum absolute atomic E-state index is 13.2. The molecule has 0 radical (unpaired) electrons. The number of aromatic nitrogens is 2. The Morgan fingerprint density at radius 2 is 1.83 bits per heavy atom. The molecule has 0 aliphatic carbocycles. The van der Waals surface area contributed by atoms with Gasteiger partial charge in [0.2, 0.25) is 11.0 Å². The second-order valence-corrected chi connectivity index (χ2v) is 9.04. The van der Waals surface area contributed by atoms with Gasteiger partial charge in [0.1, 0.15) is 5.25 Å². The van der Waals surface area contributed by atoms with Gasteiger partial charge in [-0.3, -0.25) is 4.79 Å². The van der Waals surface area contributed by atoms with E-state index in [1.54, 1.807) is 0 Å². The predicted octanol–water partition coefficient (Wildman–Crippen LogP) is 4.28. The minimum absolute atomic E-state index is 0.0905. The molecule has 6 nitrogen and oxygen atoms in total. The van der Waals surface area contributed by atoms with Crippen LogP contribution in [-0.2, 0) is 9.53 Å². The van der Waals surface area contributed by atoms with Gasteiger partial charge in [0.15, 0.2) is 4.34 Å². The quantitative estimate of drug-likeness (QED) is 0.594. The van der Waals surface area contributed by atoms with Crippen LogP contribution in [0.4, 0.5) is 10.8 Å². The summed E-state index contributed by atoms with van der Waals surface area (Å²) in [6.45, 7) is 4.47. The number of carbonyl (C=O) groups is 1. The molecule has 1 unspecified atom stereocenters. The number of ether oxygens (including phenoxy) is 1. The first-order valence-electron chi connectivity index (χ1n) is 9.44. The molecular weight excluding hydrogens is 404 g/mol. The van der Waals surface area contributed by atoms with Crippen molar-refractivity contribution in [1.29, 1.82) is 0 Å². The van der Waals surface area contributed by atoms with Crippen molar-refractivity contribution in [2.75, 3.05) is 31.6 Å². The van der Waals surface area contributed by atoms with Crippen molar-refractivity contribution in [3.63, 3.8) is 0 Å². The second kappa shape index (κ2) is 9.39. The average Bonchev–Trinajstić information content (AvgIpc) is 3.21. The van der Waals surface area contributed by atoms with E-state index in [-0.39, 0.29) is 11.2 Å². The van der Waals surface area contributed by atoms with Crippen molar-refractivity contribution in [3.05, 3.63) is 65.7 Å².